The van der Waals surface area contributed by atoms with Crippen LogP contribution in [0.25, 0.3) is 0 Å². The predicted octanol–water partition coefficient (Wildman–Crippen LogP) is 3.25. The maximum absolute atomic E-state index is 12.6. The first kappa shape index (κ1) is 17.8. The van der Waals surface area contributed by atoms with Crippen molar-refractivity contribution in [1.29, 1.82) is 0 Å². The molecule has 128 valence electrons. The number of carbonyl (C=O) groups excluding carboxylic acids is 1. The Labute approximate surface area is 138 Å². The molecule has 0 aromatic heterocycles. The van der Waals surface area contributed by atoms with Crippen LogP contribution in [0.2, 0.25) is 0 Å². The Morgan fingerprint density at radius 3 is 2.74 bits per heavy atom. The molecule has 4 nitrogen and oxygen atoms in total. The van der Waals surface area contributed by atoms with Crippen molar-refractivity contribution in [2.75, 3.05) is 6.54 Å². The molecule has 1 aliphatic rings. The molecule has 0 spiro atoms. The van der Waals surface area contributed by atoms with Gasteiger partial charge < -0.3 is 15.5 Å². The first-order valence-electron chi connectivity index (χ1n) is 8.63. The van der Waals surface area contributed by atoms with Gasteiger partial charge in [0, 0.05) is 12.5 Å². The van der Waals surface area contributed by atoms with Gasteiger partial charge in [0.1, 0.15) is 5.75 Å². The summed E-state index contributed by atoms with van der Waals surface area (Å²) in [5.74, 6) is 1.70. The number of aliphatic hydroxyl groups is 1. The second kappa shape index (κ2) is 7.82. The number of aromatic hydroxyl groups is 1. The van der Waals surface area contributed by atoms with Gasteiger partial charge >= 0.3 is 0 Å². The smallest absolute Gasteiger partial charge is 0.223 e. The molecule has 0 aliphatic heterocycles. The van der Waals surface area contributed by atoms with Crippen molar-refractivity contribution >= 4 is 5.91 Å². The fraction of sp³-hybridized carbons (Fsp3) is 0.632. The maximum atomic E-state index is 12.6. The summed E-state index contributed by atoms with van der Waals surface area (Å²) >= 11 is 0. The lowest BCUT2D eigenvalue weighted by molar-refractivity contribution is -0.129. The predicted molar refractivity (Wildman–Crippen MR) is 90.9 cm³/mol. The fourth-order valence-electron chi connectivity index (χ4n) is 3.68. The van der Waals surface area contributed by atoms with E-state index in [0.717, 1.165) is 12.8 Å². The molecule has 4 atom stereocenters. The molecular formula is C19H29NO3. The monoisotopic (exact) mass is 319 g/mol. The van der Waals surface area contributed by atoms with E-state index < -0.39 is 6.10 Å². The van der Waals surface area contributed by atoms with Crippen molar-refractivity contribution in [1.82, 2.24) is 5.32 Å². The molecular weight excluding hydrogens is 290 g/mol. The van der Waals surface area contributed by atoms with Gasteiger partial charge in [-0.05, 0) is 48.3 Å². The van der Waals surface area contributed by atoms with Crippen LogP contribution in [-0.4, -0.2) is 22.7 Å². The van der Waals surface area contributed by atoms with E-state index in [0.29, 0.717) is 23.3 Å². The second-order valence-electron chi connectivity index (χ2n) is 7.29. The summed E-state index contributed by atoms with van der Waals surface area (Å²) in [7, 11) is 0. The third kappa shape index (κ3) is 4.71. The SMILES string of the molecule is CC1CC[C@@H](C(C)C)[C@H](C(=O)NCC(O)c2cccc(O)c2)C1. The molecule has 1 fully saturated rings. The van der Waals surface area contributed by atoms with Crippen LogP contribution in [0.15, 0.2) is 24.3 Å². The number of phenolic OH excluding ortho intramolecular Hbond substituents is 1. The number of rotatable bonds is 5. The van der Waals surface area contributed by atoms with E-state index in [1.165, 1.54) is 12.5 Å². The van der Waals surface area contributed by atoms with Crippen molar-refractivity contribution in [3.63, 3.8) is 0 Å². The molecule has 4 heteroatoms. The molecule has 1 aromatic rings. The summed E-state index contributed by atoms with van der Waals surface area (Å²) in [5, 5.41) is 22.6. The van der Waals surface area contributed by atoms with Gasteiger partial charge in [-0.15, -0.1) is 0 Å². The highest BCUT2D eigenvalue weighted by Gasteiger charge is 2.35. The number of hydrogen-bond acceptors (Lipinski definition) is 3. The van der Waals surface area contributed by atoms with Crippen molar-refractivity contribution in [2.45, 2.75) is 46.1 Å². The van der Waals surface area contributed by atoms with Gasteiger partial charge in [0.25, 0.3) is 0 Å². The summed E-state index contributed by atoms with van der Waals surface area (Å²) < 4.78 is 0. The second-order valence-corrected chi connectivity index (χ2v) is 7.29. The first-order chi connectivity index (χ1) is 10.9. The molecule has 0 bridgehead atoms. The largest absolute Gasteiger partial charge is 0.508 e. The minimum Gasteiger partial charge on any atom is -0.508 e. The highest BCUT2D eigenvalue weighted by atomic mass is 16.3. The molecule has 23 heavy (non-hydrogen) atoms. The van der Waals surface area contributed by atoms with Gasteiger partial charge in [-0.2, -0.15) is 0 Å². The van der Waals surface area contributed by atoms with E-state index in [2.05, 4.69) is 26.1 Å². The molecule has 1 amide bonds. The fourth-order valence-corrected chi connectivity index (χ4v) is 3.68. The number of aliphatic hydroxyl groups excluding tert-OH is 1. The van der Waals surface area contributed by atoms with Gasteiger partial charge in [-0.25, -0.2) is 0 Å². The lowest BCUT2D eigenvalue weighted by Gasteiger charge is -2.36. The topological polar surface area (TPSA) is 69.6 Å². The molecule has 1 aliphatic carbocycles. The van der Waals surface area contributed by atoms with Crippen molar-refractivity contribution in [2.24, 2.45) is 23.7 Å². The van der Waals surface area contributed by atoms with Crippen molar-refractivity contribution in [3.8, 4) is 5.75 Å². The average Bonchev–Trinajstić information content (AvgIpc) is 2.51. The van der Waals surface area contributed by atoms with Crippen LogP contribution < -0.4 is 5.32 Å². The summed E-state index contributed by atoms with van der Waals surface area (Å²) in [6.07, 6.45) is 2.42. The van der Waals surface area contributed by atoms with Gasteiger partial charge in [0.2, 0.25) is 5.91 Å². The molecule has 0 radical (unpaired) electrons. The van der Waals surface area contributed by atoms with Gasteiger partial charge in [0.05, 0.1) is 6.10 Å². The van der Waals surface area contributed by atoms with Gasteiger partial charge in [-0.1, -0.05) is 39.3 Å². The minimum absolute atomic E-state index is 0.0372. The number of benzene rings is 1. The lowest BCUT2D eigenvalue weighted by Crippen LogP contribution is -2.41. The van der Waals surface area contributed by atoms with E-state index in [1.54, 1.807) is 18.2 Å². The average molecular weight is 319 g/mol. The summed E-state index contributed by atoms with van der Waals surface area (Å²) in [6, 6.07) is 6.52. The van der Waals surface area contributed by atoms with Crippen LogP contribution in [0, 0.1) is 23.7 Å². The molecule has 3 N–H and O–H groups in total. The van der Waals surface area contributed by atoms with Crippen LogP contribution in [0.1, 0.15) is 51.7 Å². The summed E-state index contributed by atoms with van der Waals surface area (Å²) in [4.78, 5) is 12.6. The van der Waals surface area contributed by atoms with Crippen molar-refractivity contribution in [3.05, 3.63) is 29.8 Å². The molecule has 0 saturated heterocycles. The molecule has 1 saturated carbocycles. The minimum atomic E-state index is -0.801. The van der Waals surface area contributed by atoms with Crippen LogP contribution in [-0.2, 0) is 4.79 Å². The number of phenols is 1. The van der Waals surface area contributed by atoms with Crippen LogP contribution in [0.3, 0.4) is 0 Å². The zero-order valence-corrected chi connectivity index (χ0v) is 14.3. The summed E-state index contributed by atoms with van der Waals surface area (Å²) in [6.45, 7) is 6.75. The highest BCUT2D eigenvalue weighted by molar-refractivity contribution is 5.79. The number of carbonyl (C=O) groups is 1. The Hall–Kier alpha value is -1.55. The lowest BCUT2D eigenvalue weighted by atomic mass is 9.70. The molecule has 0 heterocycles. The number of hydrogen-bond donors (Lipinski definition) is 3. The van der Waals surface area contributed by atoms with Crippen LogP contribution in [0.4, 0.5) is 0 Å². The molecule has 2 rings (SSSR count). The molecule has 1 aromatic carbocycles. The van der Waals surface area contributed by atoms with Crippen molar-refractivity contribution < 1.29 is 15.0 Å². The van der Waals surface area contributed by atoms with E-state index in [1.807, 2.05) is 0 Å². The standard InChI is InChI=1S/C19H29NO3/c1-12(2)16-8-7-13(3)9-17(16)19(23)20-11-18(22)14-5-4-6-15(21)10-14/h4-6,10,12-13,16-18,21-22H,7-9,11H2,1-3H3,(H,20,23)/t13?,16-,17+,18?/m0/s1. The highest BCUT2D eigenvalue weighted by Crippen LogP contribution is 2.38. The zero-order chi connectivity index (χ0) is 17.0. The van der Waals surface area contributed by atoms with Crippen LogP contribution >= 0.6 is 0 Å². The third-order valence-electron chi connectivity index (χ3n) is 5.08. The molecule has 2 unspecified atom stereocenters. The van der Waals surface area contributed by atoms with E-state index in [9.17, 15) is 15.0 Å². The quantitative estimate of drug-likeness (QED) is 0.780. The number of nitrogens with one attached hydrogen (secondary N) is 1. The third-order valence-corrected chi connectivity index (χ3v) is 5.08. The normalized spacial score (nSPS) is 26.0. The maximum Gasteiger partial charge on any atom is 0.223 e. The van der Waals surface area contributed by atoms with E-state index in [-0.39, 0.29) is 24.1 Å². The van der Waals surface area contributed by atoms with Gasteiger partial charge in [-0.3, -0.25) is 4.79 Å². The Morgan fingerprint density at radius 1 is 1.35 bits per heavy atom. The first-order valence-corrected chi connectivity index (χ1v) is 8.63. The van der Waals surface area contributed by atoms with E-state index in [4.69, 9.17) is 0 Å². The Bertz CT molecular complexity index is 529. The number of amides is 1. The Morgan fingerprint density at radius 2 is 2.09 bits per heavy atom. The van der Waals surface area contributed by atoms with Gasteiger partial charge in [0.15, 0.2) is 0 Å². The zero-order valence-electron chi connectivity index (χ0n) is 14.3. The van der Waals surface area contributed by atoms with E-state index >= 15 is 0 Å². The van der Waals surface area contributed by atoms with Crippen LogP contribution in [0.5, 0.6) is 5.75 Å². The Kier molecular flexibility index (Phi) is 6.05. The Balaban J connectivity index is 1.94. The summed E-state index contributed by atoms with van der Waals surface area (Å²) in [5.41, 5.74) is 0.614.